The first-order chi connectivity index (χ1) is 13.3. The number of benzene rings is 2. The number of carbonyl (C=O) groups excluding carboxylic acids is 1. The number of nitrogens with two attached hydrogens (primary N) is 1. The topological polar surface area (TPSA) is 101 Å². The Labute approximate surface area is 165 Å². The minimum Gasteiger partial charge on any atom is -0.493 e. The van der Waals surface area contributed by atoms with Crippen LogP contribution in [0.4, 0.5) is 0 Å². The van der Waals surface area contributed by atoms with Crippen LogP contribution < -0.4 is 25.4 Å². The first-order valence-electron chi connectivity index (χ1n) is 8.26. The molecule has 1 amide bonds. The van der Waals surface area contributed by atoms with Crippen molar-refractivity contribution in [3.8, 4) is 28.6 Å². The Hall–Kier alpha value is -3.19. The first-order valence-corrected chi connectivity index (χ1v) is 8.64. The normalized spacial score (nSPS) is 10.7. The van der Waals surface area contributed by atoms with E-state index in [1.807, 2.05) is 0 Å². The Morgan fingerprint density at radius 2 is 1.86 bits per heavy atom. The number of halogens is 1. The number of hydrogen-bond acceptors (Lipinski definition) is 6. The second-order valence-electron chi connectivity index (χ2n) is 6.01. The van der Waals surface area contributed by atoms with Crippen molar-refractivity contribution in [2.24, 2.45) is 5.73 Å². The van der Waals surface area contributed by atoms with Crippen molar-refractivity contribution < 1.29 is 23.4 Å². The second-order valence-corrected chi connectivity index (χ2v) is 6.42. The van der Waals surface area contributed by atoms with Crippen LogP contribution in [-0.2, 0) is 4.79 Å². The Balaban J connectivity index is 2.30. The van der Waals surface area contributed by atoms with Crippen LogP contribution in [-0.4, -0.2) is 26.7 Å². The fraction of sp³-hybridized carbons (Fsp3) is 0.200. The van der Waals surface area contributed by atoms with Crippen molar-refractivity contribution >= 4 is 28.5 Å². The Morgan fingerprint density at radius 1 is 1.14 bits per heavy atom. The molecule has 0 saturated heterocycles. The lowest BCUT2D eigenvalue weighted by Gasteiger charge is -2.13. The Kier molecular flexibility index (Phi) is 5.46. The average molecular weight is 404 g/mol. The van der Waals surface area contributed by atoms with Gasteiger partial charge in [-0.05, 0) is 42.8 Å². The molecule has 0 fully saturated rings. The summed E-state index contributed by atoms with van der Waals surface area (Å²) >= 11 is 6.14. The van der Waals surface area contributed by atoms with Crippen LogP contribution in [0.5, 0.6) is 17.2 Å². The van der Waals surface area contributed by atoms with E-state index in [4.69, 9.17) is 36.0 Å². The lowest BCUT2D eigenvalue weighted by Crippen LogP contribution is -2.22. The molecule has 28 heavy (non-hydrogen) atoms. The zero-order valence-corrected chi connectivity index (χ0v) is 16.3. The van der Waals surface area contributed by atoms with Crippen molar-refractivity contribution in [3.63, 3.8) is 0 Å². The average Bonchev–Trinajstić information content (AvgIpc) is 2.68. The van der Waals surface area contributed by atoms with Gasteiger partial charge in [0.25, 0.3) is 5.91 Å². The molecule has 3 aromatic rings. The van der Waals surface area contributed by atoms with Gasteiger partial charge >= 0.3 is 0 Å². The van der Waals surface area contributed by atoms with Gasteiger partial charge < -0.3 is 24.4 Å². The molecule has 0 aliphatic carbocycles. The molecular weight excluding hydrogens is 386 g/mol. The molecule has 0 aliphatic heterocycles. The van der Waals surface area contributed by atoms with Gasteiger partial charge in [-0.2, -0.15) is 0 Å². The number of ether oxygens (including phenoxy) is 3. The molecule has 146 valence electrons. The number of amides is 1. The summed E-state index contributed by atoms with van der Waals surface area (Å²) in [6, 6.07) is 8.17. The molecule has 0 radical (unpaired) electrons. The molecule has 1 heterocycles. The standard InChI is InChI=1S/C20H18ClNO6/c1-10-6-15-12(8-13(10)21)18(24)20(27-9-17(22)23)19(28-15)11-4-5-14(25-2)16(7-11)26-3/h4-8H,9H2,1-3H3,(H2,22,23). The predicted molar refractivity (Wildman–Crippen MR) is 105 cm³/mol. The van der Waals surface area contributed by atoms with Gasteiger partial charge in [-0.15, -0.1) is 0 Å². The predicted octanol–water partition coefficient (Wildman–Crippen LogP) is 3.30. The third kappa shape index (κ3) is 3.61. The van der Waals surface area contributed by atoms with Crippen LogP contribution in [0.1, 0.15) is 5.56 Å². The molecule has 1 aromatic heterocycles. The van der Waals surface area contributed by atoms with E-state index in [0.717, 1.165) is 5.56 Å². The van der Waals surface area contributed by atoms with Crippen LogP contribution >= 0.6 is 11.6 Å². The molecule has 3 rings (SSSR count). The second kappa shape index (κ2) is 7.82. The summed E-state index contributed by atoms with van der Waals surface area (Å²) in [6.07, 6.45) is 0. The number of primary amides is 1. The van der Waals surface area contributed by atoms with Crippen LogP contribution in [0.25, 0.3) is 22.3 Å². The van der Waals surface area contributed by atoms with Gasteiger partial charge in [0.05, 0.1) is 19.6 Å². The summed E-state index contributed by atoms with van der Waals surface area (Å²) in [5.41, 5.74) is 6.29. The maximum Gasteiger partial charge on any atom is 0.255 e. The van der Waals surface area contributed by atoms with Gasteiger partial charge in [0.15, 0.2) is 23.9 Å². The van der Waals surface area contributed by atoms with Crippen molar-refractivity contribution in [3.05, 3.63) is 51.1 Å². The Bertz CT molecular complexity index is 1120. The van der Waals surface area contributed by atoms with E-state index in [1.54, 1.807) is 31.2 Å². The molecule has 2 aromatic carbocycles. The van der Waals surface area contributed by atoms with E-state index in [2.05, 4.69) is 0 Å². The quantitative estimate of drug-likeness (QED) is 0.677. The summed E-state index contributed by atoms with van der Waals surface area (Å²) < 4.78 is 21.9. The first kappa shape index (κ1) is 19.6. The summed E-state index contributed by atoms with van der Waals surface area (Å²) in [5.74, 6) is 0.229. The molecule has 8 heteroatoms. The van der Waals surface area contributed by atoms with Crippen LogP contribution in [0.3, 0.4) is 0 Å². The van der Waals surface area contributed by atoms with E-state index < -0.39 is 17.9 Å². The van der Waals surface area contributed by atoms with Gasteiger partial charge in [-0.25, -0.2) is 0 Å². The monoisotopic (exact) mass is 403 g/mol. The van der Waals surface area contributed by atoms with Crippen LogP contribution in [0.2, 0.25) is 5.02 Å². The molecule has 0 atom stereocenters. The zero-order chi connectivity index (χ0) is 20.4. The fourth-order valence-corrected chi connectivity index (χ4v) is 2.90. The van der Waals surface area contributed by atoms with Crippen LogP contribution in [0, 0.1) is 6.92 Å². The summed E-state index contributed by atoms with van der Waals surface area (Å²) in [7, 11) is 3.01. The number of methoxy groups -OCH3 is 2. The Morgan fingerprint density at radius 3 is 2.50 bits per heavy atom. The highest BCUT2D eigenvalue weighted by molar-refractivity contribution is 6.32. The van der Waals surface area contributed by atoms with Crippen molar-refractivity contribution in [1.82, 2.24) is 0 Å². The minimum atomic E-state index is -0.723. The molecule has 0 unspecified atom stereocenters. The van der Waals surface area contributed by atoms with Crippen molar-refractivity contribution in [2.45, 2.75) is 6.92 Å². The lowest BCUT2D eigenvalue weighted by atomic mass is 10.1. The molecule has 0 bridgehead atoms. The van der Waals surface area contributed by atoms with E-state index in [1.165, 1.54) is 20.3 Å². The lowest BCUT2D eigenvalue weighted by molar-refractivity contribution is -0.119. The zero-order valence-electron chi connectivity index (χ0n) is 15.5. The highest BCUT2D eigenvalue weighted by atomic mass is 35.5. The van der Waals surface area contributed by atoms with Gasteiger partial charge in [0.1, 0.15) is 5.58 Å². The summed E-state index contributed by atoms with van der Waals surface area (Å²) in [4.78, 5) is 24.2. The molecule has 2 N–H and O–H groups in total. The van der Waals surface area contributed by atoms with Gasteiger partial charge in [-0.1, -0.05) is 11.6 Å². The molecule has 0 aliphatic rings. The number of rotatable bonds is 6. The third-order valence-electron chi connectivity index (χ3n) is 4.13. The largest absolute Gasteiger partial charge is 0.493 e. The molecular formula is C20H18ClNO6. The maximum atomic E-state index is 13.0. The smallest absolute Gasteiger partial charge is 0.255 e. The van der Waals surface area contributed by atoms with E-state index in [9.17, 15) is 9.59 Å². The van der Waals surface area contributed by atoms with Crippen molar-refractivity contribution in [2.75, 3.05) is 20.8 Å². The number of fused-ring (bicyclic) bond motifs is 1. The number of carbonyl (C=O) groups is 1. The van der Waals surface area contributed by atoms with E-state index in [0.29, 0.717) is 27.7 Å². The number of hydrogen-bond donors (Lipinski definition) is 1. The molecule has 0 spiro atoms. The van der Waals surface area contributed by atoms with Gasteiger partial charge in [0, 0.05) is 10.6 Å². The highest BCUT2D eigenvalue weighted by Gasteiger charge is 2.20. The summed E-state index contributed by atoms with van der Waals surface area (Å²) in [6.45, 7) is 1.32. The number of aryl methyl sites for hydroxylation is 1. The molecule has 0 saturated carbocycles. The third-order valence-corrected chi connectivity index (χ3v) is 4.54. The van der Waals surface area contributed by atoms with Gasteiger partial charge in [-0.3, -0.25) is 9.59 Å². The maximum absolute atomic E-state index is 13.0. The SMILES string of the molecule is COc1ccc(-c2oc3cc(C)c(Cl)cc3c(=O)c2OCC(N)=O)cc1OC. The van der Waals surface area contributed by atoms with Crippen LogP contribution in [0.15, 0.2) is 39.5 Å². The van der Waals surface area contributed by atoms with Gasteiger partial charge in [0.2, 0.25) is 11.2 Å². The molecule has 7 nitrogen and oxygen atoms in total. The fourth-order valence-electron chi connectivity index (χ4n) is 2.74. The van der Waals surface area contributed by atoms with E-state index >= 15 is 0 Å². The van der Waals surface area contributed by atoms with E-state index in [-0.39, 0.29) is 16.9 Å². The summed E-state index contributed by atoms with van der Waals surface area (Å²) in [5, 5.41) is 0.652. The highest BCUT2D eigenvalue weighted by Crippen LogP contribution is 2.37. The minimum absolute atomic E-state index is 0.140. The van der Waals surface area contributed by atoms with Crippen molar-refractivity contribution in [1.29, 1.82) is 0 Å².